The van der Waals surface area contributed by atoms with Crippen molar-refractivity contribution >= 4 is 29.5 Å². The number of nitrogens with zero attached hydrogens (tertiary/aromatic N) is 3. The number of urea groups is 1. The number of aliphatic carboxylic acids is 1. The average molecular weight is 633 g/mol. The van der Waals surface area contributed by atoms with Gasteiger partial charge in [0.2, 0.25) is 11.7 Å². The number of pyridine rings is 1. The van der Waals surface area contributed by atoms with Gasteiger partial charge in [-0.1, -0.05) is 18.2 Å². The minimum absolute atomic E-state index is 0.188. The Kier molecular flexibility index (Phi) is 11.6. The molecule has 0 fully saturated rings. The number of alkyl halides is 6. The summed E-state index contributed by atoms with van der Waals surface area (Å²) in [6.45, 7) is 3.05. The first-order valence-electron chi connectivity index (χ1n) is 12.2. The van der Waals surface area contributed by atoms with Gasteiger partial charge in [0.15, 0.2) is 0 Å². The zero-order valence-corrected chi connectivity index (χ0v) is 22.9. The summed E-state index contributed by atoms with van der Waals surface area (Å²) in [6, 6.07) is 7.06. The number of carbonyl (C=O) groups excluding carboxylic acids is 2. The van der Waals surface area contributed by atoms with E-state index in [1.807, 2.05) is 0 Å². The summed E-state index contributed by atoms with van der Waals surface area (Å²) in [5.74, 6) is -3.09. The first kappa shape index (κ1) is 34.8. The minimum atomic E-state index is -5.08. The highest BCUT2D eigenvalue weighted by atomic mass is 19.4. The van der Waals surface area contributed by atoms with Gasteiger partial charge < -0.3 is 21.5 Å². The van der Waals surface area contributed by atoms with Gasteiger partial charge in [-0.3, -0.25) is 25.0 Å². The smallest absolute Gasteiger partial charge is 0.475 e. The Hall–Kier alpha value is -5.36. The third kappa shape index (κ3) is 10.8. The molecule has 0 radical (unpaired) electrons. The Bertz CT molecular complexity index is 1560. The van der Waals surface area contributed by atoms with Crippen molar-refractivity contribution in [1.82, 2.24) is 30.6 Å². The first-order valence-corrected chi connectivity index (χ1v) is 12.2. The molecule has 3 rings (SSSR count). The van der Waals surface area contributed by atoms with Crippen LogP contribution in [0.3, 0.4) is 0 Å². The van der Waals surface area contributed by atoms with E-state index in [9.17, 15) is 40.7 Å². The highest BCUT2D eigenvalue weighted by Crippen LogP contribution is 2.29. The molecule has 1 aromatic carbocycles. The number of carbonyl (C=O) groups is 3. The highest BCUT2D eigenvalue weighted by molar-refractivity contribution is 5.76. The molecule has 44 heavy (non-hydrogen) atoms. The molecule has 0 saturated heterocycles. The number of nitrogens with one attached hydrogen (secondary N) is 4. The van der Waals surface area contributed by atoms with E-state index in [1.165, 1.54) is 22.9 Å². The van der Waals surface area contributed by atoms with E-state index >= 15 is 0 Å². The van der Waals surface area contributed by atoms with Crippen LogP contribution in [0.25, 0.3) is 0 Å². The van der Waals surface area contributed by atoms with Crippen LogP contribution in [0.1, 0.15) is 28.1 Å². The third-order valence-electron chi connectivity index (χ3n) is 5.49. The van der Waals surface area contributed by atoms with Crippen LogP contribution in [-0.2, 0) is 35.4 Å². The van der Waals surface area contributed by atoms with Crippen molar-refractivity contribution in [2.24, 2.45) is 0 Å². The number of halogens is 6. The molecule has 0 aliphatic rings. The summed E-state index contributed by atoms with van der Waals surface area (Å²) in [7, 11) is 0. The van der Waals surface area contributed by atoms with Crippen LogP contribution in [0.4, 0.5) is 42.8 Å². The maximum atomic E-state index is 12.8. The van der Waals surface area contributed by atoms with Crippen LogP contribution < -0.4 is 32.8 Å². The second kappa shape index (κ2) is 14.7. The number of benzene rings is 1. The summed E-state index contributed by atoms with van der Waals surface area (Å²) < 4.78 is 71.4. The van der Waals surface area contributed by atoms with Gasteiger partial charge in [0.05, 0.1) is 5.56 Å². The SMILES string of the molecule is Cc1nc(N)ccc1CNC(=O)Cn1c(C)cnc(NNC(=O)NCc2cccc(C(F)(F)F)c2)c1=O.O=C(O)C(F)(F)F. The van der Waals surface area contributed by atoms with Crippen LogP contribution in [0.2, 0.25) is 0 Å². The largest absolute Gasteiger partial charge is 0.490 e. The van der Waals surface area contributed by atoms with Gasteiger partial charge in [-0.2, -0.15) is 26.3 Å². The molecule has 2 heterocycles. The van der Waals surface area contributed by atoms with Crippen molar-refractivity contribution in [2.75, 3.05) is 11.2 Å². The first-order chi connectivity index (χ1) is 20.4. The van der Waals surface area contributed by atoms with Crippen LogP contribution in [-0.4, -0.2) is 43.7 Å². The second-order valence-corrected chi connectivity index (χ2v) is 8.83. The lowest BCUT2D eigenvalue weighted by molar-refractivity contribution is -0.192. The molecule has 3 amide bonds. The fourth-order valence-electron chi connectivity index (χ4n) is 3.24. The van der Waals surface area contributed by atoms with Crippen molar-refractivity contribution < 1.29 is 45.8 Å². The molecule has 0 unspecified atom stereocenters. The zero-order valence-electron chi connectivity index (χ0n) is 22.9. The molecule has 19 heteroatoms. The van der Waals surface area contributed by atoms with Gasteiger partial charge in [0, 0.05) is 30.7 Å². The quantitative estimate of drug-likeness (QED) is 0.160. The topological polar surface area (TPSA) is 193 Å². The Balaban J connectivity index is 0.000000860. The van der Waals surface area contributed by atoms with Crippen molar-refractivity contribution in [1.29, 1.82) is 0 Å². The number of nitrogens with two attached hydrogens (primary N) is 1. The molecule has 0 atom stereocenters. The number of rotatable bonds is 8. The lowest BCUT2D eigenvalue weighted by atomic mass is 10.1. The molecular formula is C25H26F6N8O5. The van der Waals surface area contributed by atoms with Gasteiger partial charge in [-0.05, 0) is 43.2 Å². The summed E-state index contributed by atoms with van der Waals surface area (Å²) in [5, 5.41) is 12.2. The molecule has 13 nitrogen and oxygen atoms in total. The summed E-state index contributed by atoms with van der Waals surface area (Å²) in [6.07, 6.45) is -8.24. The fraction of sp³-hybridized carbons (Fsp3) is 0.280. The zero-order chi connectivity index (χ0) is 33.2. The summed E-state index contributed by atoms with van der Waals surface area (Å²) in [4.78, 5) is 54.2. The number of anilines is 2. The average Bonchev–Trinajstić information content (AvgIpc) is 2.93. The van der Waals surface area contributed by atoms with Crippen LogP contribution in [0.15, 0.2) is 47.4 Å². The molecule has 0 aliphatic carbocycles. The normalized spacial score (nSPS) is 11.1. The van der Waals surface area contributed by atoms with Crippen molar-refractivity contribution in [3.05, 3.63) is 81.0 Å². The number of aromatic nitrogens is 3. The molecule has 0 saturated carbocycles. The van der Waals surface area contributed by atoms with Gasteiger partial charge in [0.25, 0.3) is 5.56 Å². The van der Waals surface area contributed by atoms with Crippen LogP contribution in [0.5, 0.6) is 0 Å². The van der Waals surface area contributed by atoms with Gasteiger partial charge >= 0.3 is 24.4 Å². The minimum Gasteiger partial charge on any atom is -0.475 e. The maximum Gasteiger partial charge on any atom is 0.490 e. The summed E-state index contributed by atoms with van der Waals surface area (Å²) in [5.41, 5.74) is 10.8. The van der Waals surface area contributed by atoms with Gasteiger partial charge in [0.1, 0.15) is 12.4 Å². The monoisotopic (exact) mass is 632 g/mol. The van der Waals surface area contributed by atoms with Crippen LogP contribution in [0, 0.1) is 13.8 Å². The Labute approximate surface area is 244 Å². The van der Waals surface area contributed by atoms with Gasteiger partial charge in [-0.15, -0.1) is 0 Å². The predicted molar refractivity (Wildman–Crippen MR) is 143 cm³/mol. The highest BCUT2D eigenvalue weighted by Gasteiger charge is 2.38. The second-order valence-electron chi connectivity index (χ2n) is 8.83. The molecule has 0 aliphatic heterocycles. The van der Waals surface area contributed by atoms with E-state index in [0.717, 1.165) is 17.7 Å². The van der Waals surface area contributed by atoms with Gasteiger partial charge in [-0.25, -0.2) is 19.6 Å². The van der Waals surface area contributed by atoms with E-state index in [1.54, 1.807) is 26.0 Å². The molecule has 0 bridgehead atoms. The molecule has 3 aromatic rings. The third-order valence-corrected chi connectivity index (χ3v) is 5.49. The number of carboxylic acid groups (broad SMARTS) is 1. The number of amides is 3. The number of nitrogen functional groups attached to an aromatic ring is 1. The number of carboxylic acids is 1. The molecule has 238 valence electrons. The fourth-order valence-corrected chi connectivity index (χ4v) is 3.24. The van der Waals surface area contributed by atoms with Crippen molar-refractivity contribution in [2.45, 2.75) is 45.8 Å². The number of aryl methyl sites for hydroxylation is 2. The van der Waals surface area contributed by atoms with Crippen LogP contribution >= 0.6 is 0 Å². The molecule has 2 aromatic heterocycles. The standard InChI is InChI=1S/C23H25F3N8O3.C2HF3O2/c1-13-9-29-20(32-33-22(37)30-10-15-4-3-5-17(8-15)23(24,25)26)21(36)34(13)12-19(35)28-11-16-6-7-18(27)31-14(16)2;3-2(4,5)1(6)7/h3-9H,10-12H2,1-2H3,(H2,27,31)(H,28,35)(H,29,32)(H2,30,33,37);(H,6,7). The van der Waals surface area contributed by atoms with Crippen molar-refractivity contribution in [3.8, 4) is 0 Å². The molecule has 7 N–H and O–H groups in total. The van der Waals surface area contributed by atoms with E-state index in [0.29, 0.717) is 17.2 Å². The lowest BCUT2D eigenvalue weighted by Crippen LogP contribution is -2.41. The number of hydrogen-bond acceptors (Lipinski definition) is 8. The summed E-state index contributed by atoms with van der Waals surface area (Å²) >= 11 is 0. The van der Waals surface area contributed by atoms with E-state index < -0.39 is 41.4 Å². The molecule has 0 spiro atoms. The number of hydrazine groups is 1. The predicted octanol–water partition coefficient (Wildman–Crippen LogP) is 2.63. The number of hydrogen-bond donors (Lipinski definition) is 6. The van der Waals surface area contributed by atoms with E-state index in [-0.39, 0.29) is 31.0 Å². The van der Waals surface area contributed by atoms with E-state index in [4.69, 9.17) is 15.6 Å². The van der Waals surface area contributed by atoms with E-state index in [2.05, 4.69) is 31.5 Å². The Morgan fingerprint density at radius 2 is 1.66 bits per heavy atom. The Morgan fingerprint density at radius 3 is 2.25 bits per heavy atom. The maximum absolute atomic E-state index is 12.8. The Morgan fingerprint density at radius 1 is 1.00 bits per heavy atom. The lowest BCUT2D eigenvalue weighted by Gasteiger charge is -2.14. The van der Waals surface area contributed by atoms with Crippen molar-refractivity contribution in [3.63, 3.8) is 0 Å². The molecular weight excluding hydrogens is 606 g/mol.